The summed E-state index contributed by atoms with van der Waals surface area (Å²) in [7, 11) is 0. The Morgan fingerprint density at radius 1 is 1.27 bits per heavy atom. The molecule has 0 saturated carbocycles. The molecule has 2 aromatic rings. The van der Waals surface area contributed by atoms with E-state index in [0.717, 1.165) is 12.1 Å². The molecular weight excluding hydrogens is 208 g/mol. The van der Waals surface area contributed by atoms with Gasteiger partial charge in [-0.1, -0.05) is 17.7 Å². The van der Waals surface area contributed by atoms with E-state index in [2.05, 4.69) is 16.0 Å². The largest absolute Gasteiger partial charge is 0.264 e. The number of rotatable bonds is 2. The van der Waals surface area contributed by atoms with Crippen LogP contribution in [-0.2, 0) is 6.42 Å². The number of nitrogens with zero attached hydrogens (tertiary/aromatic N) is 2. The monoisotopic (exact) mass is 218 g/mol. The number of hydrogen-bond acceptors (Lipinski definition) is 2. The lowest BCUT2D eigenvalue weighted by Crippen LogP contribution is -1.92. The lowest BCUT2D eigenvalue weighted by Gasteiger charge is -2.03. The third-order valence-electron chi connectivity index (χ3n) is 2.11. The average molecular weight is 219 g/mol. The summed E-state index contributed by atoms with van der Waals surface area (Å²) in [5.74, 6) is 0. The number of hydrogen-bond donors (Lipinski definition) is 0. The smallest absolute Gasteiger partial charge is 0.129 e. The van der Waals surface area contributed by atoms with Crippen LogP contribution in [0.4, 0.5) is 0 Å². The molecule has 0 atom stereocenters. The van der Waals surface area contributed by atoms with E-state index >= 15 is 0 Å². The Hall–Kier alpha value is -1.41. The van der Waals surface area contributed by atoms with Gasteiger partial charge in [-0.2, -0.15) is 0 Å². The zero-order valence-corrected chi connectivity index (χ0v) is 9.20. The summed E-state index contributed by atoms with van der Waals surface area (Å²) < 4.78 is 0. The van der Waals surface area contributed by atoms with E-state index in [4.69, 9.17) is 11.6 Å². The molecule has 0 aliphatic heterocycles. The Labute approximate surface area is 94.0 Å². The topological polar surface area (TPSA) is 25.8 Å². The van der Waals surface area contributed by atoms with Crippen molar-refractivity contribution < 1.29 is 0 Å². The van der Waals surface area contributed by atoms with Gasteiger partial charge in [-0.15, -0.1) is 0 Å². The van der Waals surface area contributed by atoms with Crippen molar-refractivity contribution in [2.45, 2.75) is 13.3 Å². The maximum atomic E-state index is 5.89. The van der Waals surface area contributed by atoms with Gasteiger partial charge < -0.3 is 0 Å². The summed E-state index contributed by atoms with van der Waals surface area (Å²) in [4.78, 5) is 8.20. The van der Waals surface area contributed by atoms with Crippen LogP contribution in [0.5, 0.6) is 0 Å². The predicted molar refractivity (Wildman–Crippen MR) is 61.0 cm³/mol. The summed E-state index contributed by atoms with van der Waals surface area (Å²) in [6.07, 6.45) is 4.48. The molecule has 0 fully saturated rings. The van der Waals surface area contributed by atoms with Crippen molar-refractivity contribution in [3.63, 3.8) is 0 Å². The first kappa shape index (κ1) is 10.1. The van der Waals surface area contributed by atoms with E-state index in [1.54, 1.807) is 6.20 Å². The molecule has 2 rings (SSSR count). The zero-order chi connectivity index (χ0) is 10.7. The highest BCUT2D eigenvalue weighted by Crippen LogP contribution is 2.13. The minimum absolute atomic E-state index is 0.550. The highest BCUT2D eigenvalue weighted by atomic mass is 35.5. The third-order valence-corrected chi connectivity index (χ3v) is 2.31. The molecule has 2 heterocycles. The fourth-order valence-corrected chi connectivity index (χ4v) is 1.81. The molecule has 0 amide bonds. The Balaban J connectivity index is 2.25. The number of halogens is 1. The number of aryl methyl sites for hydroxylation is 1. The number of aromatic nitrogens is 2. The van der Waals surface area contributed by atoms with Crippen LogP contribution >= 0.6 is 11.6 Å². The quantitative estimate of drug-likeness (QED) is 0.725. The van der Waals surface area contributed by atoms with E-state index in [-0.39, 0.29) is 0 Å². The van der Waals surface area contributed by atoms with Gasteiger partial charge in [0, 0.05) is 18.1 Å². The van der Waals surface area contributed by atoms with E-state index in [0.29, 0.717) is 5.15 Å². The first-order valence-corrected chi connectivity index (χ1v) is 5.14. The molecule has 0 spiro atoms. The molecule has 0 radical (unpaired) electrons. The van der Waals surface area contributed by atoms with Gasteiger partial charge in [0.15, 0.2) is 0 Å². The van der Waals surface area contributed by atoms with Gasteiger partial charge in [0.05, 0.1) is 0 Å². The lowest BCUT2D eigenvalue weighted by molar-refractivity contribution is 1.10. The highest BCUT2D eigenvalue weighted by molar-refractivity contribution is 6.29. The van der Waals surface area contributed by atoms with E-state index in [1.807, 2.05) is 31.3 Å². The van der Waals surface area contributed by atoms with Gasteiger partial charge >= 0.3 is 0 Å². The first-order chi connectivity index (χ1) is 7.24. The molecule has 2 nitrogen and oxygen atoms in total. The second kappa shape index (κ2) is 4.41. The van der Waals surface area contributed by atoms with Gasteiger partial charge in [0.1, 0.15) is 5.15 Å². The molecule has 0 N–H and O–H groups in total. The molecule has 15 heavy (non-hydrogen) atoms. The maximum absolute atomic E-state index is 5.89. The van der Waals surface area contributed by atoms with Gasteiger partial charge in [0.2, 0.25) is 0 Å². The SMILES string of the molecule is Cc1cc(Cc2cccnc2)cc(Cl)n1. The second-order valence-electron chi connectivity index (χ2n) is 3.48. The van der Waals surface area contributed by atoms with Gasteiger partial charge in [0.25, 0.3) is 0 Å². The van der Waals surface area contributed by atoms with Crippen LogP contribution in [0.3, 0.4) is 0 Å². The minimum Gasteiger partial charge on any atom is -0.264 e. The van der Waals surface area contributed by atoms with Crippen LogP contribution in [-0.4, -0.2) is 9.97 Å². The Morgan fingerprint density at radius 3 is 2.80 bits per heavy atom. The first-order valence-electron chi connectivity index (χ1n) is 4.76. The van der Waals surface area contributed by atoms with Crippen LogP contribution in [0.25, 0.3) is 0 Å². The van der Waals surface area contributed by atoms with Crippen molar-refractivity contribution in [3.05, 3.63) is 58.6 Å². The summed E-state index contributed by atoms with van der Waals surface area (Å²) in [5, 5.41) is 0.550. The molecular formula is C12H11ClN2. The van der Waals surface area contributed by atoms with Gasteiger partial charge in [-0.05, 0) is 42.7 Å². The second-order valence-corrected chi connectivity index (χ2v) is 3.86. The summed E-state index contributed by atoms with van der Waals surface area (Å²) in [6, 6.07) is 7.92. The van der Waals surface area contributed by atoms with Crippen molar-refractivity contribution in [2.75, 3.05) is 0 Å². The van der Waals surface area contributed by atoms with Crippen molar-refractivity contribution in [1.82, 2.24) is 9.97 Å². The molecule has 0 bridgehead atoms. The third kappa shape index (κ3) is 2.77. The predicted octanol–water partition coefficient (Wildman–Crippen LogP) is 3.03. The van der Waals surface area contributed by atoms with E-state index < -0.39 is 0 Å². The summed E-state index contributed by atoms with van der Waals surface area (Å²) in [5.41, 5.74) is 3.29. The van der Waals surface area contributed by atoms with Crippen molar-refractivity contribution in [2.24, 2.45) is 0 Å². The minimum atomic E-state index is 0.550. The molecule has 0 unspecified atom stereocenters. The van der Waals surface area contributed by atoms with Crippen LogP contribution < -0.4 is 0 Å². The van der Waals surface area contributed by atoms with E-state index in [1.165, 1.54) is 11.1 Å². The molecule has 3 heteroatoms. The zero-order valence-electron chi connectivity index (χ0n) is 8.44. The van der Waals surface area contributed by atoms with Gasteiger partial charge in [-0.25, -0.2) is 4.98 Å². The normalized spacial score (nSPS) is 10.3. The molecule has 0 aliphatic rings. The Kier molecular flexibility index (Phi) is 2.97. The van der Waals surface area contributed by atoms with Crippen molar-refractivity contribution >= 4 is 11.6 Å². The van der Waals surface area contributed by atoms with Crippen molar-refractivity contribution in [1.29, 1.82) is 0 Å². The molecule has 0 saturated heterocycles. The molecule has 76 valence electrons. The van der Waals surface area contributed by atoms with Gasteiger partial charge in [-0.3, -0.25) is 4.98 Å². The number of pyridine rings is 2. The molecule has 0 aliphatic carbocycles. The Bertz CT molecular complexity index is 434. The summed E-state index contributed by atoms with van der Waals surface area (Å²) in [6.45, 7) is 1.94. The fraction of sp³-hybridized carbons (Fsp3) is 0.167. The summed E-state index contributed by atoms with van der Waals surface area (Å²) >= 11 is 5.89. The van der Waals surface area contributed by atoms with E-state index in [9.17, 15) is 0 Å². The Morgan fingerprint density at radius 2 is 2.13 bits per heavy atom. The maximum Gasteiger partial charge on any atom is 0.129 e. The standard InChI is InChI=1S/C12H11ClN2/c1-9-5-11(7-12(13)15-9)6-10-3-2-4-14-8-10/h2-5,7-8H,6H2,1H3. The van der Waals surface area contributed by atoms with Crippen LogP contribution in [0, 0.1) is 6.92 Å². The van der Waals surface area contributed by atoms with Crippen LogP contribution in [0.15, 0.2) is 36.7 Å². The molecule has 2 aromatic heterocycles. The highest BCUT2D eigenvalue weighted by Gasteiger charge is 1.99. The average Bonchev–Trinajstić information content (AvgIpc) is 2.17. The fourth-order valence-electron chi connectivity index (χ4n) is 1.54. The molecule has 0 aromatic carbocycles. The van der Waals surface area contributed by atoms with Crippen LogP contribution in [0.1, 0.15) is 16.8 Å². The van der Waals surface area contributed by atoms with Crippen LogP contribution in [0.2, 0.25) is 5.15 Å². The lowest BCUT2D eigenvalue weighted by atomic mass is 10.1. The van der Waals surface area contributed by atoms with Crippen molar-refractivity contribution in [3.8, 4) is 0 Å².